The lowest BCUT2D eigenvalue weighted by atomic mass is 10.2. The van der Waals surface area contributed by atoms with Gasteiger partial charge in [0.15, 0.2) is 0 Å². The number of carbonyl (C=O) groups excluding carboxylic acids is 1. The molecule has 0 spiro atoms. The monoisotopic (exact) mass is 258 g/mol. The van der Waals surface area contributed by atoms with Crippen molar-refractivity contribution in [3.05, 3.63) is 33.4 Å². The van der Waals surface area contributed by atoms with Crippen molar-refractivity contribution >= 4 is 36.6 Å². The summed E-state index contributed by atoms with van der Waals surface area (Å²) >= 11 is 2.15. The molecule has 0 aliphatic carbocycles. The molecule has 0 unspecified atom stereocenters. The maximum atomic E-state index is 10.8. The van der Waals surface area contributed by atoms with Crippen molar-refractivity contribution in [1.82, 2.24) is 0 Å². The van der Waals surface area contributed by atoms with E-state index in [2.05, 4.69) is 27.2 Å². The molecule has 0 aliphatic rings. The Kier molecular flexibility index (Phi) is 2.93. The zero-order valence-electron chi connectivity index (χ0n) is 5.58. The smallest absolute Gasteiger partial charge is 0.378 e. The van der Waals surface area contributed by atoms with Crippen molar-refractivity contribution in [2.24, 2.45) is 0 Å². The molecule has 0 heterocycles. The third-order valence-electron chi connectivity index (χ3n) is 1.19. The van der Waals surface area contributed by atoms with Gasteiger partial charge in [-0.15, -0.1) is 0 Å². The van der Waals surface area contributed by atoms with Gasteiger partial charge in [-0.3, -0.25) is 0 Å². The van der Waals surface area contributed by atoms with Gasteiger partial charge in [0.1, 0.15) is 0 Å². The molecule has 54 valence electrons. The van der Waals surface area contributed by atoms with Crippen LogP contribution in [0.15, 0.2) is 24.3 Å². The van der Waals surface area contributed by atoms with Crippen molar-refractivity contribution in [2.75, 3.05) is 0 Å². The van der Waals surface area contributed by atoms with Crippen molar-refractivity contribution in [3.8, 4) is 0 Å². The Labute approximate surface area is 79.5 Å². The van der Waals surface area contributed by atoms with Crippen molar-refractivity contribution in [3.63, 3.8) is 0 Å². The van der Waals surface area contributed by atoms with Crippen LogP contribution in [0.3, 0.4) is 0 Å². The summed E-state index contributed by atoms with van der Waals surface area (Å²) in [6.07, 6.45) is 0. The predicted molar refractivity (Wildman–Crippen MR) is 50.3 cm³/mol. The molecule has 11 heavy (non-hydrogen) atoms. The van der Waals surface area contributed by atoms with Gasteiger partial charge in [-0.05, 0) is 46.9 Å². The van der Waals surface area contributed by atoms with Gasteiger partial charge in [0.05, 0.1) is 5.56 Å². The molecule has 1 aromatic rings. The highest BCUT2D eigenvalue weighted by molar-refractivity contribution is 14.1. The van der Waals surface area contributed by atoms with Crippen LogP contribution in [0.25, 0.3) is 0 Å². The molecule has 0 saturated heterocycles. The van der Waals surface area contributed by atoms with Crippen LogP contribution in [-0.2, 0) is 4.65 Å². The van der Waals surface area contributed by atoms with E-state index in [1.165, 1.54) is 0 Å². The summed E-state index contributed by atoms with van der Waals surface area (Å²) in [4.78, 5) is 10.8. The SMILES string of the molecule is [B]OC(=O)c1ccc(I)cc1. The summed E-state index contributed by atoms with van der Waals surface area (Å²) < 4.78 is 5.10. The van der Waals surface area contributed by atoms with Gasteiger partial charge >= 0.3 is 14.0 Å². The molecule has 0 N–H and O–H groups in total. The Morgan fingerprint density at radius 3 is 2.36 bits per heavy atom. The Morgan fingerprint density at radius 1 is 1.36 bits per heavy atom. The Morgan fingerprint density at radius 2 is 1.91 bits per heavy atom. The van der Waals surface area contributed by atoms with E-state index in [0.29, 0.717) is 5.56 Å². The van der Waals surface area contributed by atoms with Crippen LogP contribution in [0.5, 0.6) is 0 Å². The molecule has 2 radical (unpaired) electrons. The minimum absolute atomic E-state index is 0.466. The molecule has 0 aliphatic heterocycles. The van der Waals surface area contributed by atoms with Crippen LogP contribution in [0, 0.1) is 3.57 Å². The van der Waals surface area contributed by atoms with E-state index in [4.69, 9.17) is 8.05 Å². The second-order valence-electron chi connectivity index (χ2n) is 1.91. The highest BCUT2D eigenvalue weighted by atomic mass is 127. The summed E-state index contributed by atoms with van der Waals surface area (Å²) in [5, 5.41) is 0. The van der Waals surface area contributed by atoms with Crippen molar-refractivity contribution in [2.45, 2.75) is 0 Å². The van der Waals surface area contributed by atoms with E-state index >= 15 is 0 Å². The molecule has 1 aromatic carbocycles. The van der Waals surface area contributed by atoms with Gasteiger partial charge < -0.3 is 4.65 Å². The third kappa shape index (κ3) is 2.22. The van der Waals surface area contributed by atoms with Gasteiger partial charge in [0.2, 0.25) is 0 Å². The van der Waals surface area contributed by atoms with Crippen LogP contribution < -0.4 is 0 Å². The maximum absolute atomic E-state index is 10.8. The van der Waals surface area contributed by atoms with E-state index in [1.807, 2.05) is 12.1 Å². The number of halogens is 1. The van der Waals surface area contributed by atoms with Crippen LogP contribution in [-0.4, -0.2) is 14.0 Å². The highest BCUT2D eigenvalue weighted by Gasteiger charge is 2.01. The lowest BCUT2D eigenvalue weighted by Crippen LogP contribution is -2.01. The lowest BCUT2D eigenvalue weighted by molar-refractivity contribution is 0.0749. The zero-order chi connectivity index (χ0) is 8.27. The Bertz CT molecular complexity index is 258. The first kappa shape index (κ1) is 8.58. The fourth-order valence-electron chi connectivity index (χ4n) is 0.654. The van der Waals surface area contributed by atoms with Crippen LogP contribution in [0.2, 0.25) is 0 Å². The zero-order valence-corrected chi connectivity index (χ0v) is 7.74. The van der Waals surface area contributed by atoms with Crippen molar-refractivity contribution < 1.29 is 9.45 Å². The van der Waals surface area contributed by atoms with Crippen LogP contribution >= 0.6 is 22.6 Å². The fraction of sp³-hybridized carbons (Fsp3) is 0. The normalized spacial score (nSPS) is 9.18. The third-order valence-corrected chi connectivity index (χ3v) is 1.91. The van der Waals surface area contributed by atoms with Crippen LogP contribution in [0.4, 0.5) is 0 Å². The predicted octanol–water partition coefficient (Wildman–Crippen LogP) is 1.53. The number of benzene rings is 1. The molecule has 0 atom stereocenters. The molecular formula is C7H4BIO2. The summed E-state index contributed by atoms with van der Waals surface area (Å²) in [5.41, 5.74) is 0.466. The first-order chi connectivity index (χ1) is 5.24. The second kappa shape index (κ2) is 3.76. The van der Waals surface area contributed by atoms with Crippen LogP contribution in [0.1, 0.15) is 10.4 Å². The largest absolute Gasteiger partial charge is 0.540 e. The molecule has 0 saturated carbocycles. The van der Waals surface area contributed by atoms with E-state index in [9.17, 15) is 4.79 Å². The van der Waals surface area contributed by atoms with Crippen molar-refractivity contribution in [1.29, 1.82) is 0 Å². The summed E-state index contributed by atoms with van der Waals surface area (Å²) in [6, 6.07) is 6.95. The van der Waals surface area contributed by atoms with Gasteiger partial charge in [-0.1, -0.05) is 0 Å². The van der Waals surface area contributed by atoms with Gasteiger partial charge in [0.25, 0.3) is 0 Å². The number of carbonyl (C=O) groups is 1. The minimum Gasteiger partial charge on any atom is -0.540 e. The maximum Gasteiger partial charge on any atom is 0.378 e. The quantitative estimate of drug-likeness (QED) is 0.564. The van der Waals surface area contributed by atoms with E-state index < -0.39 is 5.97 Å². The first-order valence-corrected chi connectivity index (χ1v) is 3.98. The first-order valence-electron chi connectivity index (χ1n) is 2.90. The molecule has 0 aromatic heterocycles. The summed E-state index contributed by atoms with van der Waals surface area (Å²) in [7, 11) is 4.69. The molecule has 1 rings (SSSR count). The molecule has 0 fully saturated rings. The molecule has 0 amide bonds. The average Bonchev–Trinajstić information content (AvgIpc) is 2.05. The number of rotatable bonds is 1. The summed E-state index contributed by atoms with van der Waals surface area (Å²) in [6.45, 7) is 0. The second-order valence-corrected chi connectivity index (χ2v) is 3.16. The summed E-state index contributed by atoms with van der Waals surface area (Å²) in [5.74, 6) is -0.513. The molecule has 2 nitrogen and oxygen atoms in total. The van der Waals surface area contributed by atoms with Gasteiger partial charge in [0, 0.05) is 3.57 Å². The topological polar surface area (TPSA) is 26.3 Å². The molecule has 4 heteroatoms. The molecular weight excluding hydrogens is 254 g/mol. The van der Waals surface area contributed by atoms with Gasteiger partial charge in [-0.25, -0.2) is 4.79 Å². The fourth-order valence-corrected chi connectivity index (χ4v) is 1.01. The number of hydrogen-bond acceptors (Lipinski definition) is 2. The minimum atomic E-state index is -0.513. The average molecular weight is 258 g/mol. The van der Waals surface area contributed by atoms with E-state index in [1.54, 1.807) is 12.1 Å². The number of hydrogen-bond donors (Lipinski definition) is 0. The Balaban J connectivity index is 2.90. The highest BCUT2D eigenvalue weighted by Crippen LogP contribution is 2.06. The molecule has 0 bridgehead atoms. The van der Waals surface area contributed by atoms with E-state index in [0.717, 1.165) is 3.57 Å². The van der Waals surface area contributed by atoms with Gasteiger partial charge in [-0.2, -0.15) is 0 Å². The lowest BCUT2D eigenvalue weighted by Gasteiger charge is -1.97. The van der Waals surface area contributed by atoms with E-state index in [-0.39, 0.29) is 0 Å². The standard InChI is InChI=1S/C7H4BIO2/c8-11-7(10)5-1-3-6(9)4-2-5/h1-4H. The Hall–Kier alpha value is -0.515.